The summed E-state index contributed by atoms with van der Waals surface area (Å²) in [6.45, 7) is 0. The predicted octanol–water partition coefficient (Wildman–Crippen LogP) is 5.70. The molecular weight excluding hydrogens is 412 g/mol. The molecule has 3 aromatic carbocycles. The number of hydrogen-bond acceptors (Lipinski definition) is 4. The number of carbonyl (C=O) groups is 1. The first-order valence-electron chi connectivity index (χ1n) is 10.6. The van der Waals surface area contributed by atoms with E-state index >= 15 is 0 Å². The van der Waals surface area contributed by atoms with Gasteiger partial charge in [0.25, 0.3) is 5.91 Å². The third-order valence-corrected chi connectivity index (χ3v) is 5.45. The van der Waals surface area contributed by atoms with Crippen LogP contribution in [-0.4, -0.2) is 10.9 Å². The third-order valence-electron chi connectivity index (χ3n) is 5.45. The monoisotopic (exact) mass is 432 g/mol. The molecule has 5 heteroatoms. The highest BCUT2D eigenvalue weighted by Crippen LogP contribution is 2.22. The van der Waals surface area contributed by atoms with Crippen LogP contribution >= 0.6 is 0 Å². The number of para-hydroxylation sites is 1. The topological polar surface area (TPSA) is 72.2 Å². The maximum atomic E-state index is 12.9. The molecule has 0 aliphatic carbocycles. The summed E-state index contributed by atoms with van der Waals surface area (Å²) in [6.07, 6.45) is 4.35. The van der Waals surface area contributed by atoms with E-state index in [1.54, 1.807) is 48.8 Å². The van der Waals surface area contributed by atoms with Crippen molar-refractivity contribution in [2.45, 2.75) is 6.42 Å². The molecule has 0 spiro atoms. The average Bonchev–Trinajstić information content (AvgIpc) is 2.85. The first-order chi connectivity index (χ1) is 16.2. The second kappa shape index (κ2) is 8.93. The Hall–Kier alpha value is -4.51. The largest absolute Gasteiger partial charge is 0.422 e. The summed E-state index contributed by atoms with van der Waals surface area (Å²) in [6, 6.07) is 27.8. The van der Waals surface area contributed by atoms with Gasteiger partial charge in [0.05, 0.1) is 5.56 Å². The van der Waals surface area contributed by atoms with Gasteiger partial charge in [-0.1, -0.05) is 42.5 Å². The van der Waals surface area contributed by atoms with Crippen molar-refractivity contribution < 1.29 is 9.21 Å². The quantitative estimate of drug-likeness (QED) is 0.362. The van der Waals surface area contributed by atoms with E-state index in [0.29, 0.717) is 28.0 Å². The SMILES string of the molecule is O=C(Nc1ccc(Cc2ccncc2)cc1)c1cccc(-c2cc3ccccc3oc2=O)c1. The van der Waals surface area contributed by atoms with E-state index in [9.17, 15) is 9.59 Å². The predicted molar refractivity (Wildman–Crippen MR) is 129 cm³/mol. The lowest BCUT2D eigenvalue weighted by atomic mass is 10.0. The first-order valence-corrected chi connectivity index (χ1v) is 10.6. The summed E-state index contributed by atoms with van der Waals surface area (Å²) >= 11 is 0. The second-order valence-corrected chi connectivity index (χ2v) is 7.75. The van der Waals surface area contributed by atoms with Crippen molar-refractivity contribution in [2.24, 2.45) is 0 Å². The fraction of sp³-hybridized carbons (Fsp3) is 0.0357. The molecule has 2 aromatic heterocycles. The van der Waals surface area contributed by atoms with Crippen LogP contribution in [0.5, 0.6) is 0 Å². The number of nitrogens with one attached hydrogen (secondary N) is 1. The zero-order chi connectivity index (χ0) is 22.6. The summed E-state index contributed by atoms with van der Waals surface area (Å²) in [7, 11) is 0. The number of hydrogen-bond donors (Lipinski definition) is 1. The van der Waals surface area contributed by atoms with Crippen LogP contribution in [0, 0.1) is 0 Å². The van der Waals surface area contributed by atoms with Crippen molar-refractivity contribution in [3.8, 4) is 11.1 Å². The Labute approximate surface area is 190 Å². The van der Waals surface area contributed by atoms with Crippen LogP contribution < -0.4 is 10.9 Å². The highest BCUT2D eigenvalue weighted by Gasteiger charge is 2.12. The summed E-state index contributed by atoms with van der Waals surface area (Å²) in [4.78, 5) is 29.4. The standard InChI is InChI=1S/C28H20N2O3/c31-27(30-24-10-8-19(9-11-24)16-20-12-14-29-15-13-20)23-6-3-5-21(17-23)25-18-22-4-1-2-7-26(22)33-28(25)32/h1-15,17-18H,16H2,(H,30,31). The minimum absolute atomic E-state index is 0.246. The fourth-order valence-electron chi connectivity index (χ4n) is 3.74. The number of anilines is 1. The van der Waals surface area contributed by atoms with Crippen LogP contribution in [0.3, 0.4) is 0 Å². The number of rotatable bonds is 5. The Balaban J connectivity index is 1.34. The average molecular weight is 432 g/mol. The molecule has 0 aliphatic heterocycles. The minimum atomic E-state index is -0.434. The Kier molecular flexibility index (Phi) is 5.52. The van der Waals surface area contributed by atoms with E-state index in [2.05, 4.69) is 10.3 Å². The molecular formula is C28H20N2O3. The Bertz CT molecular complexity index is 1490. The van der Waals surface area contributed by atoms with Crippen LogP contribution in [0.1, 0.15) is 21.5 Å². The number of fused-ring (bicyclic) bond motifs is 1. The second-order valence-electron chi connectivity index (χ2n) is 7.75. The fourth-order valence-corrected chi connectivity index (χ4v) is 3.74. The van der Waals surface area contributed by atoms with Gasteiger partial charge in [-0.05, 0) is 71.6 Å². The smallest absolute Gasteiger partial charge is 0.344 e. The van der Waals surface area contributed by atoms with Crippen LogP contribution in [-0.2, 0) is 6.42 Å². The maximum Gasteiger partial charge on any atom is 0.344 e. The van der Waals surface area contributed by atoms with Gasteiger partial charge in [-0.2, -0.15) is 0 Å². The minimum Gasteiger partial charge on any atom is -0.422 e. The van der Waals surface area contributed by atoms with E-state index in [4.69, 9.17) is 4.42 Å². The van der Waals surface area contributed by atoms with Crippen molar-refractivity contribution in [2.75, 3.05) is 5.32 Å². The lowest BCUT2D eigenvalue weighted by Crippen LogP contribution is -2.12. The highest BCUT2D eigenvalue weighted by molar-refractivity contribution is 6.05. The van der Waals surface area contributed by atoms with Gasteiger partial charge in [-0.25, -0.2) is 4.79 Å². The van der Waals surface area contributed by atoms with Crippen molar-refractivity contribution in [1.29, 1.82) is 0 Å². The molecule has 0 fully saturated rings. The molecule has 5 rings (SSSR count). The highest BCUT2D eigenvalue weighted by atomic mass is 16.4. The van der Waals surface area contributed by atoms with Crippen molar-refractivity contribution in [3.63, 3.8) is 0 Å². The summed E-state index contributed by atoms with van der Waals surface area (Å²) in [5.41, 5.74) is 4.64. The van der Waals surface area contributed by atoms with Gasteiger partial charge >= 0.3 is 5.63 Å². The van der Waals surface area contributed by atoms with Gasteiger partial charge in [0, 0.05) is 29.0 Å². The molecule has 1 N–H and O–H groups in total. The number of nitrogens with zero attached hydrogens (tertiary/aromatic N) is 1. The molecule has 0 aliphatic rings. The molecule has 0 radical (unpaired) electrons. The molecule has 0 bridgehead atoms. The third kappa shape index (κ3) is 4.57. The lowest BCUT2D eigenvalue weighted by molar-refractivity contribution is 0.102. The van der Waals surface area contributed by atoms with Gasteiger partial charge in [-0.3, -0.25) is 9.78 Å². The van der Waals surface area contributed by atoms with Crippen LogP contribution in [0.15, 0.2) is 113 Å². The van der Waals surface area contributed by atoms with Crippen molar-refractivity contribution in [3.05, 3.63) is 130 Å². The van der Waals surface area contributed by atoms with E-state index < -0.39 is 5.63 Å². The zero-order valence-corrected chi connectivity index (χ0v) is 17.7. The van der Waals surface area contributed by atoms with Gasteiger partial charge in [0.15, 0.2) is 0 Å². The van der Waals surface area contributed by atoms with Gasteiger partial charge < -0.3 is 9.73 Å². The Morgan fingerprint density at radius 1 is 0.818 bits per heavy atom. The maximum absolute atomic E-state index is 12.9. The molecule has 0 unspecified atom stereocenters. The van der Waals surface area contributed by atoms with E-state index in [0.717, 1.165) is 17.4 Å². The van der Waals surface area contributed by atoms with E-state index in [1.807, 2.05) is 54.6 Å². The van der Waals surface area contributed by atoms with Crippen molar-refractivity contribution in [1.82, 2.24) is 4.98 Å². The van der Waals surface area contributed by atoms with Crippen LogP contribution in [0.25, 0.3) is 22.1 Å². The Morgan fingerprint density at radius 2 is 1.58 bits per heavy atom. The van der Waals surface area contributed by atoms with Crippen molar-refractivity contribution >= 4 is 22.6 Å². The molecule has 160 valence electrons. The number of amides is 1. The molecule has 5 nitrogen and oxygen atoms in total. The summed E-state index contributed by atoms with van der Waals surface area (Å²) < 4.78 is 5.44. The number of aromatic nitrogens is 1. The summed E-state index contributed by atoms with van der Waals surface area (Å²) in [5.74, 6) is -0.246. The molecule has 0 saturated carbocycles. The molecule has 33 heavy (non-hydrogen) atoms. The molecule has 0 atom stereocenters. The van der Waals surface area contributed by atoms with E-state index in [1.165, 1.54) is 5.56 Å². The molecule has 2 heterocycles. The van der Waals surface area contributed by atoms with Gasteiger partial charge in [-0.15, -0.1) is 0 Å². The normalized spacial score (nSPS) is 10.8. The Morgan fingerprint density at radius 3 is 2.39 bits per heavy atom. The number of benzene rings is 3. The van der Waals surface area contributed by atoms with Gasteiger partial charge in [0.2, 0.25) is 0 Å². The van der Waals surface area contributed by atoms with E-state index in [-0.39, 0.29) is 5.91 Å². The first kappa shape index (κ1) is 20.4. The van der Waals surface area contributed by atoms with Crippen LogP contribution in [0.4, 0.5) is 5.69 Å². The lowest BCUT2D eigenvalue weighted by Gasteiger charge is -2.08. The molecule has 0 saturated heterocycles. The van der Waals surface area contributed by atoms with Gasteiger partial charge in [0.1, 0.15) is 5.58 Å². The summed E-state index contributed by atoms with van der Waals surface area (Å²) in [5, 5.41) is 3.75. The zero-order valence-electron chi connectivity index (χ0n) is 17.7. The molecule has 5 aromatic rings. The molecule has 1 amide bonds. The van der Waals surface area contributed by atoms with Crippen LogP contribution in [0.2, 0.25) is 0 Å². The number of pyridine rings is 1. The number of carbonyl (C=O) groups excluding carboxylic acids is 1.